The predicted molar refractivity (Wildman–Crippen MR) is 92.9 cm³/mol. The fraction of sp³-hybridized carbons (Fsp3) is 0.556. The monoisotopic (exact) mass is 351 g/mol. The highest BCUT2D eigenvalue weighted by molar-refractivity contribution is 9.10. The first-order valence-corrected chi connectivity index (χ1v) is 8.76. The van der Waals surface area contributed by atoms with Gasteiger partial charge >= 0.3 is 0 Å². The van der Waals surface area contributed by atoms with Gasteiger partial charge in [0.1, 0.15) is 5.75 Å². The lowest BCUT2D eigenvalue weighted by Crippen LogP contribution is -2.16. The number of nitrogens with one attached hydrogen (secondary N) is 1. The summed E-state index contributed by atoms with van der Waals surface area (Å²) >= 11 is 3.59. The average Bonchev–Trinajstić information content (AvgIpc) is 3.26. The number of allylic oxidation sites excluding steroid dienone is 1. The lowest BCUT2D eigenvalue weighted by molar-refractivity contribution is 0.299. The van der Waals surface area contributed by atoms with E-state index in [4.69, 9.17) is 4.74 Å². The number of halogens is 1. The molecule has 1 fully saturated rings. The van der Waals surface area contributed by atoms with Crippen LogP contribution in [0.2, 0.25) is 0 Å². The third kappa shape index (κ3) is 5.84. The van der Waals surface area contributed by atoms with Crippen LogP contribution in [-0.2, 0) is 6.54 Å². The van der Waals surface area contributed by atoms with Crippen molar-refractivity contribution in [3.63, 3.8) is 0 Å². The molecule has 3 heteroatoms. The molecule has 0 saturated heterocycles. The molecule has 0 atom stereocenters. The fourth-order valence-electron chi connectivity index (χ4n) is 2.42. The van der Waals surface area contributed by atoms with Gasteiger partial charge in [-0.2, -0.15) is 0 Å². The van der Waals surface area contributed by atoms with Gasteiger partial charge in [-0.25, -0.2) is 0 Å². The minimum atomic E-state index is 0.719. The van der Waals surface area contributed by atoms with Crippen molar-refractivity contribution in [2.75, 3.05) is 6.61 Å². The van der Waals surface area contributed by atoms with E-state index in [1.54, 1.807) is 0 Å². The van der Waals surface area contributed by atoms with Crippen molar-refractivity contribution in [1.82, 2.24) is 5.32 Å². The van der Waals surface area contributed by atoms with E-state index >= 15 is 0 Å². The molecule has 1 aromatic rings. The number of hydrogen-bond donors (Lipinski definition) is 1. The van der Waals surface area contributed by atoms with E-state index < -0.39 is 0 Å². The molecule has 0 aliphatic heterocycles. The van der Waals surface area contributed by atoms with Gasteiger partial charge in [0, 0.05) is 22.6 Å². The first kappa shape index (κ1) is 16.6. The molecule has 0 spiro atoms. The lowest BCUT2D eigenvalue weighted by atomic mass is 10.1. The van der Waals surface area contributed by atoms with Crippen LogP contribution in [-0.4, -0.2) is 12.6 Å². The molecular formula is C18H26BrNO. The molecule has 21 heavy (non-hydrogen) atoms. The van der Waals surface area contributed by atoms with E-state index in [0.29, 0.717) is 0 Å². The summed E-state index contributed by atoms with van der Waals surface area (Å²) in [5.74, 6) is 1.06. The minimum absolute atomic E-state index is 0.719. The molecule has 0 bridgehead atoms. The van der Waals surface area contributed by atoms with Gasteiger partial charge in [-0.1, -0.05) is 22.0 Å². The van der Waals surface area contributed by atoms with Gasteiger partial charge in [0.15, 0.2) is 0 Å². The average molecular weight is 352 g/mol. The third-order valence-electron chi connectivity index (χ3n) is 3.77. The molecule has 2 rings (SSSR count). The van der Waals surface area contributed by atoms with Gasteiger partial charge in [0.25, 0.3) is 0 Å². The van der Waals surface area contributed by atoms with Crippen molar-refractivity contribution < 1.29 is 4.74 Å². The normalized spacial score (nSPS) is 14.2. The van der Waals surface area contributed by atoms with Crippen molar-refractivity contribution >= 4 is 15.9 Å². The zero-order chi connectivity index (χ0) is 15.1. The molecule has 0 aromatic heterocycles. The van der Waals surface area contributed by atoms with Crippen molar-refractivity contribution in [2.45, 2.75) is 58.0 Å². The Morgan fingerprint density at radius 3 is 2.86 bits per heavy atom. The molecular weight excluding hydrogens is 326 g/mol. The topological polar surface area (TPSA) is 21.3 Å². The van der Waals surface area contributed by atoms with E-state index in [9.17, 15) is 0 Å². The van der Waals surface area contributed by atoms with Gasteiger partial charge in [0.05, 0.1) is 6.61 Å². The Morgan fingerprint density at radius 1 is 1.33 bits per heavy atom. The molecule has 0 amide bonds. The van der Waals surface area contributed by atoms with Crippen LogP contribution in [0.5, 0.6) is 5.75 Å². The highest BCUT2D eigenvalue weighted by Gasteiger charge is 2.21. The maximum absolute atomic E-state index is 6.07. The quantitative estimate of drug-likeness (QED) is 0.465. The highest BCUT2D eigenvalue weighted by atomic mass is 79.9. The molecule has 0 heterocycles. The zero-order valence-electron chi connectivity index (χ0n) is 13.0. The van der Waals surface area contributed by atoms with E-state index in [-0.39, 0.29) is 0 Å². The van der Waals surface area contributed by atoms with Crippen LogP contribution in [0.3, 0.4) is 0 Å². The molecule has 2 nitrogen and oxygen atoms in total. The van der Waals surface area contributed by atoms with Gasteiger partial charge < -0.3 is 10.1 Å². The molecule has 0 radical (unpaired) electrons. The Kier molecular flexibility index (Phi) is 6.78. The summed E-state index contributed by atoms with van der Waals surface area (Å²) in [6.45, 7) is 7.58. The number of ether oxygens (including phenoxy) is 1. The standard InChI is InChI=1S/C18H26BrNO/c1-3-4-5-6-7-10-21-18-14(2)11-16(19)12-15(18)13-20-17-8-9-17/h3,11-12,17,20H,1,4-10,13H2,2H3. The van der Waals surface area contributed by atoms with Crippen LogP contribution in [0, 0.1) is 6.92 Å². The van der Waals surface area contributed by atoms with E-state index in [2.05, 4.69) is 46.9 Å². The second-order valence-corrected chi connectivity index (χ2v) is 6.77. The first-order valence-electron chi connectivity index (χ1n) is 7.97. The van der Waals surface area contributed by atoms with Gasteiger partial charge in [-0.15, -0.1) is 6.58 Å². The molecule has 1 aromatic carbocycles. The van der Waals surface area contributed by atoms with Gasteiger partial charge in [0.2, 0.25) is 0 Å². The van der Waals surface area contributed by atoms with Crippen LogP contribution < -0.4 is 10.1 Å². The Labute approximate surface area is 137 Å². The first-order chi connectivity index (χ1) is 10.2. The maximum atomic E-state index is 6.07. The number of hydrogen-bond acceptors (Lipinski definition) is 2. The van der Waals surface area contributed by atoms with Crippen LogP contribution >= 0.6 is 15.9 Å². The van der Waals surface area contributed by atoms with Gasteiger partial charge in [-0.05, 0) is 63.1 Å². The summed E-state index contributed by atoms with van der Waals surface area (Å²) in [5, 5.41) is 3.57. The predicted octanol–water partition coefficient (Wildman–Crippen LogP) is 5.13. The van der Waals surface area contributed by atoms with Gasteiger partial charge in [-0.3, -0.25) is 0 Å². The molecule has 1 aliphatic carbocycles. The second kappa shape index (κ2) is 8.60. The Morgan fingerprint density at radius 2 is 2.14 bits per heavy atom. The third-order valence-corrected chi connectivity index (χ3v) is 4.23. The summed E-state index contributed by atoms with van der Waals surface area (Å²) < 4.78 is 7.20. The fourth-order valence-corrected chi connectivity index (χ4v) is 3.04. The Hall–Kier alpha value is -0.800. The molecule has 1 saturated carbocycles. The lowest BCUT2D eigenvalue weighted by Gasteiger charge is -2.15. The molecule has 116 valence electrons. The van der Waals surface area contributed by atoms with Crippen molar-refractivity contribution in [2.24, 2.45) is 0 Å². The molecule has 0 unspecified atom stereocenters. The zero-order valence-corrected chi connectivity index (χ0v) is 14.5. The molecule has 1 aliphatic rings. The summed E-state index contributed by atoms with van der Waals surface area (Å²) in [6.07, 6.45) is 9.24. The van der Waals surface area contributed by atoms with Crippen molar-refractivity contribution in [3.8, 4) is 5.75 Å². The summed E-state index contributed by atoms with van der Waals surface area (Å²) in [5.41, 5.74) is 2.47. The summed E-state index contributed by atoms with van der Waals surface area (Å²) in [4.78, 5) is 0. The van der Waals surface area contributed by atoms with Crippen LogP contribution in [0.4, 0.5) is 0 Å². The van der Waals surface area contributed by atoms with Crippen molar-refractivity contribution in [3.05, 3.63) is 40.4 Å². The SMILES string of the molecule is C=CCCCCCOc1c(C)cc(Br)cc1CNC1CC1. The number of rotatable bonds is 10. The largest absolute Gasteiger partial charge is 0.493 e. The minimum Gasteiger partial charge on any atom is -0.493 e. The number of unbranched alkanes of at least 4 members (excludes halogenated alkanes) is 3. The van der Waals surface area contributed by atoms with E-state index in [1.807, 2.05) is 6.08 Å². The summed E-state index contributed by atoms with van der Waals surface area (Å²) in [6, 6.07) is 5.03. The van der Waals surface area contributed by atoms with E-state index in [1.165, 1.54) is 36.8 Å². The van der Waals surface area contributed by atoms with Crippen LogP contribution in [0.1, 0.15) is 49.7 Å². The van der Waals surface area contributed by atoms with Crippen LogP contribution in [0.25, 0.3) is 0 Å². The Bertz CT molecular complexity index is 469. The summed E-state index contributed by atoms with van der Waals surface area (Å²) in [7, 11) is 0. The molecule has 1 N–H and O–H groups in total. The van der Waals surface area contributed by atoms with Crippen LogP contribution in [0.15, 0.2) is 29.3 Å². The second-order valence-electron chi connectivity index (χ2n) is 5.85. The number of benzene rings is 1. The number of aryl methyl sites for hydroxylation is 1. The Balaban J connectivity index is 1.87. The van der Waals surface area contributed by atoms with Crippen molar-refractivity contribution in [1.29, 1.82) is 0 Å². The van der Waals surface area contributed by atoms with E-state index in [0.717, 1.165) is 42.3 Å². The maximum Gasteiger partial charge on any atom is 0.126 e. The smallest absolute Gasteiger partial charge is 0.126 e. The highest BCUT2D eigenvalue weighted by Crippen LogP contribution is 2.29.